The normalized spacial score (nSPS) is 42.6. The summed E-state index contributed by atoms with van der Waals surface area (Å²) in [5, 5.41) is 23.1. The summed E-state index contributed by atoms with van der Waals surface area (Å²) in [4.78, 5) is 41.4. The molecule has 0 aromatic carbocycles. The van der Waals surface area contributed by atoms with E-state index in [1.54, 1.807) is 6.92 Å². The fourth-order valence-electron chi connectivity index (χ4n) is 5.89. The Kier molecular flexibility index (Phi) is 4.15. The van der Waals surface area contributed by atoms with Gasteiger partial charge in [0.05, 0.1) is 29.8 Å². The van der Waals surface area contributed by atoms with E-state index in [4.69, 9.17) is 0 Å². The Morgan fingerprint density at radius 3 is 2.62 bits per heavy atom. The van der Waals surface area contributed by atoms with Crippen LogP contribution in [0.2, 0.25) is 0 Å². The van der Waals surface area contributed by atoms with E-state index in [0.717, 1.165) is 19.4 Å². The van der Waals surface area contributed by atoms with Gasteiger partial charge in [0.25, 0.3) is 0 Å². The summed E-state index contributed by atoms with van der Waals surface area (Å²) in [5.41, 5.74) is -0.228. The summed E-state index contributed by atoms with van der Waals surface area (Å²) in [6, 6.07) is -0.454. The van der Waals surface area contributed by atoms with Gasteiger partial charge in [0, 0.05) is 22.6 Å². The third-order valence-corrected chi connectivity index (χ3v) is 9.01. The third kappa shape index (κ3) is 2.56. The molecule has 0 radical (unpaired) electrons. The van der Waals surface area contributed by atoms with Crippen LogP contribution >= 0.6 is 11.8 Å². The molecule has 5 aliphatic rings. The number of thioether (sulfide) groups is 1. The maximum Gasteiger partial charge on any atom is 0.353 e. The van der Waals surface area contributed by atoms with Crippen LogP contribution in [0.3, 0.4) is 0 Å². The van der Waals surface area contributed by atoms with E-state index in [-0.39, 0.29) is 46.4 Å². The van der Waals surface area contributed by atoms with E-state index in [1.807, 2.05) is 6.92 Å². The Morgan fingerprint density at radius 1 is 1.34 bits per heavy atom. The lowest BCUT2D eigenvalue weighted by atomic mass is 9.79. The van der Waals surface area contributed by atoms with E-state index in [9.17, 15) is 24.6 Å². The first-order valence-electron chi connectivity index (χ1n) is 10.4. The highest BCUT2D eigenvalue weighted by atomic mass is 32.2. The molecule has 0 bridgehead atoms. The van der Waals surface area contributed by atoms with Crippen molar-refractivity contribution >= 4 is 29.5 Å². The number of aliphatic hydroxyl groups is 1. The molecule has 2 amide bonds. The molecule has 4 aliphatic heterocycles. The molecule has 0 aromatic rings. The molecule has 4 fully saturated rings. The van der Waals surface area contributed by atoms with Crippen molar-refractivity contribution in [1.82, 2.24) is 15.1 Å². The van der Waals surface area contributed by atoms with Gasteiger partial charge in [-0.05, 0) is 39.0 Å². The van der Waals surface area contributed by atoms with Crippen molar-refractivity contribution < 1.29 is 24.6 Å². The van der Waals surface area contributed by atoms with Crippen molar-refractivity contribution in [3.8, 4) is 0 Å². The number of carbonyl (C=O) groups excluding carboxylic acids is 2. The smallest absolute Gasteiger partial charge is 0.353 e. The van der Waals surface area contributed by atoms with Crippen LogP contribution in [0.5, 0.6) is 0 Å². The molecule has 8 nitrogen and oxygen atoms in total. The number of carbonyl (C=O) groups is 3. The number of hydrogen-bond donors (Lipinski definition) is 3. The second-order valence-corrected chi connectivity index (χ2v) is 10.7. The Bertz CT molecular complexity index is 840. The number of rotatable bonds is 5. The lowest BCUT2D eigenvalue weighted by Gasteiger charge is -2.46. The van der Waals surface area contributed by atoms with Gasteiger partial charge in [-0.3, -0.25) is 14.5 Å². The molecular formula is C20H27N3O5S. The molecule has 2 unspecified atom stereocenters. The van der Waals surface area contributed by atoms with Gasteiger partial charge >= 0.3 is 5.97 Å². The SMILES string of the molecule is CC(O)[C@H]1C(=O)N2C(C(=O)O)=C(SC3C[C@H]4C(=O)N[C@](C)(C5CC5)N4C3)[C@H](C)[C@H]12. The molecule has 0 aromatic heterocycles. The van der Waals surface area contributed by atoms with Crippen molar-refractivity contribution in [2.24, 2.45) is 17.8 Å². The van der Waals surface area contributed by atoms with Crippen molar-refractivity contribution in [2.45, 2.75) is 69.1 Å². The molecular weight excluding hydrogens is 394 g/mol. The number of nitrogens with one attached hydrogen (secondary N) is 1. The lowest BCUT2D eigenvalue weighted by molar-refractivity contribution is -0.163. The van der Waals surface area contributed by atoms with Crippen molar-refractivity contribution in [2.75, 3.05) is 6.54 Å². The van der Waals surface area contributed by atoms with E-state index < -0.39 is 18.0 Å². The van der Waals surface area contributed by atoms with Crippen LogP contribution in [0.1, 0.15) is 40.0 Å². The average Bonchev–Trinajstić information content (AvgIpc) is 3.30. The fourth-order valence-corrected chi connectivity index (χ4v) is 7.41. The number of amides is 2. The maximum absolute atomic E-state index is 12.5. The summed E-state index contributed by atoms with van der Waals surface area (Å²) in [5.74, 6) is -1.53. The van der Waals surface area contributed by atoms with Gasteiger partial charge in [0.2, 0.25) is 11.8 Å². The number of carboxylic acid groups (broad SMARTS) is 1. The zero-order chi connectivity index (χ0) is 20.8. The zero-order valence-corrected chi connectivity index (χ0v) is 17.6. The van der Waals surface area contributed by atoms with Gasteiger partial charge in [-0.2, -0.15) is 0 Å². The highest BCUT2D eigenvalue weighted by molar-refractivity contribution is 8.03. The van der Waals surface area contributed by atoms with Crippen LogP contribution in [0.15, 0.2) is 10.6 Å². The van der Waals surface area contributed by atoms with Gasteiger partial charge in [-0.1, -0.05) is 6.92 Å². The summed E-state index contributed by atoms with van der Waals surface area (Å²) >= 11 is 1.52. The Morgan fingerprint density at radius 2 is 2.03 bits per heavy atom. The number of aliphatic carboxylic acids is 1. The quantitative estimate of drug-likeness (QED) is 0.557. The van der Waals surface area contributed by atoms with Crippen LogP contribution in [-0.2, 0) is 14.4 Å². The molecule has 1 aliphatic carbocycles. The summed E-state index contributed by atoms with van der Waals surface area (Å²) in [6.45, 7) is 6.35. The number of fused-ring (bicyclic) bond motifs is 2. The van der Waals surface area contributed by atoms with Crippen LogP contribution in [-0.4, -0.2) is 73.4 Å². The molecule has 3 saturated heterocycles. The predicted molar refractivity (Wildman–Crippen MR) is 105 cm³/mol. The van der Waals surface area contributed by atoms with E-state index in [2.05, 4.69) is 17.1 Å². The predicted octanol–water partition coefficient (Wildman–Crippen LogP) is 0.572. The number of β-lactam (4-membered cyclic amide) rings is 1. The molecule has 29 heavy (non-hydrogen) atoms. The lowest BCUT2D eigenvalue weighted by Crippen LogP contribution is -2.63. The largest absolute Gasteiger partial charge is 0.477 e. The maximum atomic E-state index is 12.5. The molecule has 5 rings (SSSR count). The Labute approximate surface area is 173 Å². The van der Waals surface area contributed by atoms with Gasteiger partial charge in [-0.25, -0.2) is 4.79 Å². The van der Waals surface area contributed by atoms with Gasteiger partial charge in [-0.15, -0.1) is 11.8 Å². The molecule has 158 valence electrons. The van der Waals surface area contributed by atoms with Gasteiger partial charge < -0.3 is 20.4 Å². The van der Waals surface area contributed by atoms with E-state index in [0.29, 0.717) is 17.2 Å². The molecule has 9 heteroatoms. The molecule has 1 saturated carbocycles. The van der Waals surface area contributed by atoms with Crippen molar-refractivity contribution in [1.29, 1.82) is 0 Å². The third-order valence-electron chi connectivity index (χ3n) is 7.52. The number of nitrogens with zero attached hydrogens (tertiary/aromatic N) is 2. The van der Waals surface area contributed by atoms with Crippen molar-refractivity contribution in [3.63, 3.8) is 0 Å². The second-order valence-electron chi connectivity index (χ2n) is 9.33. The summed E-state index contributed by atoms with van der Waals surface area (Å²) in [6.07, 6.45) is 2.14. The van der Waals surface area contributed by atoms with Crippen LogP contribution in [0.25, 0.3) is 0 Å². The van der Waals surface area contributed by atoms with Crippen LogP contribution in [0.4, 0.5) is 0 Å². The molecule has 0 spiro atoms. The highest BCUT2D eigenvalue weighted by Crippen LogP contribution is 2.54. The molecule has 4 heterocycles. The zero-order valence-electron chi connectivity index (χ0n) is 16.8. The number of aliphatic hydroxyl groups excluding tert-OH is 1. The minimum atomic E-state index is -1.10. The summed E-state index contributed by atoms with van der Waals surface area (Å²) in [7, 11) is 0. The number of hydrogen-bond acceptors (Lipinski definition) is 6. The monoisotopic (exact) mass is 421 g/mol. The standard InChI is InChI=1S/C20H27N3O5S/c1-8-14-13(9(2)24)18(26)23(14)15(19(27)28)16(8)29-11-6-12-17(25)21-20(3,10-4-5-10)22(12)7-11/h8-14,24H,4-7H2,1-3H3,(H,21,25)(H,27,28)/t8-,9?,11?,12+,13-,14-,20+/m1/s1. The highest BCUT2D eigenvalue weighted by Gasteiger charge is 2.62. The first kappa shape index (κ1) is 19.4. The first-order chi connectivity index (χ1) is 13.6. The van der Waals surface area contributed by atoms with Crippen molar-refractivity contribution in [3.05, 3.63) is 10.6 Å². The van der Waals surface area contributed by atoms with E-state index in [1.165, 1.54) is 16.7 Å². The first-order valence-corrected chi connectivity index (χ1v) is 11.3. The Hall–Kier alpha value is -1.58. The van der Waals surface area contributed by atoms with Gasteiger partial charge in [0.15, 0.2) is 0 Å². The average molecular weight is 422 g/mol. The molecule has 3 N–H and O–H groups in total. The topological polar surface area (TPSA) is 110 Å². The van der Waals surface area contributed by atoms with Crippen LogP contribution in [0, 0.1) is 17.8 Å². The van der Waals surface area contributed by atoms with Gasteiger partial charge in [0.1, 0.15) is 5.70 Å². The summed E-state index contributed by atoms with van der Waals surface area (Å²) < 4.78 is 0. The minimum Gasteiger partial charge on any atom is -0.477 e. The number of carboxylic acids is 1. The second kappa shape index (κ2) is 6.21. The Balaban J connectivity index is 1.39. The van der Waals surface area contributed by atoms with Crippen LogP contribution < -0.4 is 5.32 Å². The molecule has 7 atom stereocenters. The minimum absolute atomic E-state index is 0.0656. The fraction of sp³-hybridized carbons (Fsp3) is 0.750. The van der Waals surface area contributed by atoms with E-state index >= 15 is 0 Å².